The van der Waals surface area contributed by atoms with Crippen molar-refractivity contribution in [1.82, 2.24) is 14.0 Å². The van der Waals surface area contributed by atoms with Gasteiger partial charge in [-0.1, -0.05) is 31.5 Å². The van der Waals surface area contributed by atoms with Crippen LogP contribution in [-0.2, 0) is 19.5 Å². The molecule has 6 aliphatic rings. The molecule has 8 rings (SSSR count). The summed E-state index contributed by atoms with van der Waals surface area (Å²) in [4.78, 5) is 30.8. The van der Waals surface area contributed by atoms with Crippen molar-refractivity contribution in [2.45, 2.75) is 61.9 Å². The van der Waals surface area contributed by atoms with Gasteiger partial charge in [-0.05, 0) is 36.3 Å². The molecule has 1 aromatic carbocycles. The highest BCUT2D eigenvalue weighted by Gasteiger charge is 2.76. The van der Waals surface area contributed by atoms with E-state index < -0.39 is 17.4 Å². The first-order valence-corrected chi connectivity index (χ1v) is 12.5. The Morgan fingerprint density at radius 3 is 2.56 bits per heavy atom. The van der Waals surface area contributed by atoms with Gasteiger partial charge in [0.05, 0.1) is 17.7 Å². The Labute approximate surface area is 198 Å². The predicted molar refractivity (Wildman–Crippen MR) is 127 cm³/mol. The summed E-state index contributed by atoms with van der Waals surface area (Å²) < 4.78 is 2.31. The smallest absolute Gasteiger partial charge is 0.333 e. The minimum Gasteiger partial charge on any atom is -0.494 e. The summed E-state index contributed by atoms with van der Waals surface area (Å²) >= 11 is 0. The van der Waals surface area contributed by atoms with E-state index in [2.05, 4.69) is 48.0 Å². The maximum Gasteiger partial charge on any atom is 0.333 e. The highest BCUT2D eigenvalue weighted by molar-refractivity contribution is 5.67. The molecule has 2 aromatic rings. The summed E-state index contributed by atoms with van der Waals surface area (Å²) in [5.41, 5.74) is 1.59. The Morgan fingerprint density at radius 1 is 1.09 bits per heavy atom. The number of aromatic hydroxyl groups is 1. The highest BCUT2D eigenvalue weighted by Crippen LogP contribution is 2.71. The van der Waals surface area contributed by atoms with E-state index >= 15 is 0 Å². The van der Waals surface area contributed by atoms with Crippen molar-refractivity contribution < 1.29 is 10.2 Å². The summed E-state index contributed by atoms with van der Waals surface area (Å²) in [5.74, 6) is 0.350. The summed E-state index contributed by atoms with van der Waals surface area (Å²) in [6.45, 7) is 2.14. The molecule has 4 saturated heterocycles. The van der Waals surface area contributed by atoms with Crippen molar-refractivity contribution in [1.29, 1.82) is 0 Å². The van der Waals surface area contributed by atoms with Crippen LogP contribution in [0.25, 0.3) is 0 Å². The normalized spacial score (nSPS) is 42.9. The van der Waals surface area contributed by atoms with Crippen LogP contribution >= 0.6 is 0 Å². The zero-order valence-corrected chi connectivity index (χ0v) is 20.0. The van der Waals surface area contributed by atoms with Crippen LogP contribution < -0.4 is 16.1 Å². The molecule has 6 heterocycles. The van der Waals surface area contributed by atoms with Crippen LogP contribution in [0, 0.1) is 17.8 Å². The van der Waals surface area contributed by atoms with Gasteiger partial charge in [0, 0.05) is 56.3 Å². The minimum absolute atomic E-state index is 0.116. The molecule has 1 aromatic heterocycles. The van der Waals surface area contributed by atoms with E-state index in [1.165, 1.54) is 29.9 Å². The van der Waals surface area contributed by atoms with Crippen LogP contribution in [0.2, 0.25) is 0 Å². The molecule has 34 heavy (non-hydrogen) atoms. The number of fused-ring (bicyclic) bond motifs is 2. The van der Waals surface area contributed by atoms with E-state index in [-0.39, 0.29) is 53.2 Å². The highest BCUT2D eigenvalue weighted by atomic mass is 16.3. The first-order valence-electron chi connectivity index (χ1n) is 12.5. The van der Waals surface area contributed by atoms with Gasteiger partial charge in [-0.2, -0.15) is 0 Å². The molecule has 1 spiro atoms. The molecule has 5 bridgehead atoms. The lowest BCUT2D eigenvalue weighted by molar-refractivity contribution is -0.143. The first-order chi connectivity index (χ1) is 16.3. The summed E-state index contributed by atoms with van der Waals surface area (Å²) in [6.07, 6.45) is 2.27. The molecule has 2 N–H and O–H groups in total. The molecule has 1 aliphatic carbocycles. The number of aliphatic hydroxyl groups excluding tert-OH is 1. The predicted octanol–water partition coefficient (Wildman–Crippen LogP) is 1.08. The lowest BCUT2D eigenvalue weighted by Crippen LogP contribution is -2.70. The Morgan fingerprint density at radius 2 is 1.82 bits per heavy atom. The molecule has 10 atom stereocenters. The average Bonchev–Trinajstić information content (AvgIpc) is 3.23. The molecule has 8 nitrogen and oxygen atoms in total. The van der Waals surface area contributed by atoms with Gasteiger partial charge < -0.3 is 15.1 Å². The molecule has 0 amide bonds. The van der Waals surface area contributed by atoms with Crippen LogP contribution in [0.4, 0.5) is 5.69 Å². The molecule has 8 heteroatoms. The zero-order valence-electron chi connectivity index (χ0n) is 20.0. The van der Waals surface area contributed by atoms with Crippen molar-refractivity contribution in [3.63, 3.8) is 0 Å². The Bertz CT molecular complexity index is 1350. The van der Waals surface area contributed by atoms with E-state index in [0.717, 1.165) is 23.8 Å². The van der Waals surface area contributed by atoms with Crippen LogP contribution in [0.1, 0.15) is 43.4 Å². The largest absolute Gasteiger partial charge is 0.494 e. The summed E-state index contributed by atoms with van der Waals surface area (Å²) in [7, 11) is 5.15. The van der Waals surface area contributed by atoms with Crippen LogP contribution in [0.5, 0.6) is 5.88 Å². The molecule has 1 saturated carbocycles. The fraction of sp³-hybridized carbons (Fsp3) is 0.615. The maximum absolute atomic E-state index is 13.4. The molecule has 5 fully saturated rings. The molecule has 180 valence electrons. The second-order valence-corrected chi connectivity index (χ2v) is 11.3. The molecular formula is C26H32N4O4. The van der Waals surface area contributed by atoms with E-state index in [1.54, 1.807) is 0 Å². The van der Waals surface area contributed by atoms with Gasteiger partial charge >= 0.3 is 5.69 Å². The number of piperidine rings is 4. The molecular weight excluding hydrogens is 432 g/mol. The van der Waals surface area contributed by atoms with Crippen LogP contribution in [0.3, 0.4) is 0 Å². The number of hydrogen-bond acceptors (Lipinski definition) is 6. The lowest BCUT2D eigenvalue weighted by Gasteiger charge is -2.64. The number of likely N-dealkylation sites (N-methyl/N-ethyl adjacent to an activating group) is 1. The number of nitrogens with zero attached hydrogens (tertiary/aromatic N) is 4. The SMILES string of the molecule is CC[C@@H]1[C@H]2C[C@H]3[C@@H]4N(C)c5ccccc5[C@]45C[C@@H]([C@@H]2[C@H]5O)N3[C@H]1c1c(O)n(C)c(=O)n(C)c1=O. The molecule has 5 aliphatic heterocycles. The third kappa shape index (κ3) is 1.98. The number of para-hydroxylation sites is 1. The number of rotatable bonds is 2. The van der Waals surface area contributed by atoms with E-state index in [4.69, 9.17) is 0 Å². The van der Waals surface area contributed by atoms with Gasteiger partial charge in [-0.25, -0.2) is 4.79 Å². The zero-order chi connectivity index (χ0) is 23.8. The van der Waals surface area contributed by atoms with Gasteiger partial charge in [0.25, 0.3) is 5.56 Å². The minimum atomic E-state index is -0.516. The topological polar surface area (TPSA) is 90.9 Å². The third-order valence-electron chi connectivity index (χ3n) is 10.5. The standard InChI is InChI=1S/C26H32N4O4/c1-5-12-13-10-16-21-26(14-8-6-7-9-15(14)27(21)2)11-17(18(13)22(26)31)30(16)20(12)19-23(32)28(3)25(34)29(4)24(19)33/h6-9,12-13,16-18,20-22,31-32H,5,10-11H2,1-4H3/t12-,13-,16+,17+,18-,20-,21+,22-,26-/m1/s1. The van der Waals surface area contributed by atoms with Gasteiger partial charge in [-0.15, -0.1) is 0 Å². The molecule has 1 unspecified atom stereocenters. The van der Waals surface area contributed by atoms with E-state index in [0.29, 0.717) is 5.56 Å². The first kappa shape index (κ1) is 20.8. The van der Waals surface area contributed by atoms with Crippen LogP contribution in [0.15, 0.2) is 33.9 Å². The maximum atomic E-state index is 13.4. The summed E-state index contributed by atoms with van der Waals surface area (Å²) in [5, 5.41) is 23.1. The van der Waals surface area contributed by atoms with Crippen molar-refractivity contribution in [2.75, 3.05) is 11.9 Å². The number of benzene rings is 1. The monoisotopic (exact) mass is 464 g/mol. The Balaban J connectivity index is 1.47. The number of aromatic nitrogens is 2. The number of anilines is 1. The van der Waals surface area contributed by atoms with Crippen molar-refractivity contribution in [3.8, 4) is 5.88 Å². The van der Waals surface area contributed by atoms with Gasteiger partial charge in [0.1, 0.15) is 0 Å². The number of aliphatic hydroxyl groups is 1. The quantitative estimate of drug-likeness (QED) is 0.691. The Hall–Kier alpha value is -2.58. The van der Waals surface area contributed by atoms with Gasteiger partial charge in [-0.3, -0.25) is 18.8 Å². The van der Waals surface area contributed by atoms with E-state index in [1.807, 2.05) is 0 Å². The fourth-order valence-electron chi connectivity index (χ4n) is 9.41. The van der Waals surface area contributed by atoms with Crippen molar-refractivity contribution >= 4 is 5.69 Å². The third-order valence-corrected chi connectivity index (χ3v) is 10.5. The van der Waals surface area contributed by atoms with E-state index in [9.17, 15) is 19.8 Å². The second kappa shape index (κ2) is 6.34. The second-order valence-electron chi connectivity index (χ2n) is 11.3. The van der Waals surface area contributed by atoms with Gasteiger partial charge in [0.2, 0.25) is 5.88 Å². The average molecular weight is 465 g/mol. The van der Waals surface area contributed by atoms with Crippen molar-refractivity contribution in [2.24, 2.45) is 31.8 Å². The van der Waals surface area contributed by atoms with Crippen LogP contribution in [-0.4, -0.2) is 55.5 Å². The Kier molecular flexibility index (Phi) is 3.87. The molecule has 0 radical (unpaired) electrons. The lowest BCUT2D eigenvalue weighted by atomic mass is 9.59. The fourth-order valence-corrected chi connectivity index (χ4v) is 9.41. The summed E-state index contributed by atoms with van der Waals surface area (Å²) in [6, 6.07) is 8.68. The van der Waals surface area contributed by atoms with Gasteiger partial charge in [0.15, 0.2) is 0 Å². The number of hydrogen-bond donors (Lipinski definition) is 2. The van der Waals surface area contributed by atoms with Crippen molar-refractivity contribution in [3.05, 3.63) is 56.2 Å².